The molecule has 0 saturated heterocycles. The fourth-order valence-corrected chi connectivity index (χ4v) is 1.37. The van der Waals surface area contributed by atoms with Crippen LogP contribution in [0.5, 0.6) is 0 Å². The molecule has 0 aliphatic rings. The minimum absolute atomic E-state index is 0.00843. The summed E-state index contributed by atoms with van der Waals surface area (Å²) in [6, 6.07) is 7.49. The van der Waals surface area contributed by atoms with Crippen molar-refractivity contribution in [3.8, 4) is 0 Å². The molecule has 0 spiro atoms. The minimum atomic E-state index is -0.00843. The van der Waals surface area contributed by atoms with Crippen LogP contribution in [0, 0.1) is 0 Å². The molecule has 0 atom stereocenters. The van der Waals surface area contributed by atoms with E-state index in [2.05, 4.69) is 0 Å². The average molecular weight is 181 g/mol. The van der Waals surface area contributed by atoms with Crippen LogP contribution in [-0.4, -0.2) is 18.6 Å². The Balaban J connectivity index is 2.93. The Bertz CT molecular complexity index is 286. The van der Waals surface area contributed by atoms with E-state index < -0.39 is 0 Å². The maximum Gasteiger partial charge on any atom is 0.176 e. The van der Waals surface area contributed by atoms with E-state index in [1.807, 2.05) is 24.5 Å². The highest BCUT2D eigenvalue weighted by Gasteiger charge is 2.02. The Labute approximate surface area is 76.2 Å². The fourth-order valence-electron chi connectivity index (χ4n) is 0.914. The largest absolute Gasteiger partial charge is 0.324 e. The van der Waals surface area contributed by atoms with Gasteiger partial charge < -0.3 is 5.73 Å². The van der Waals surface area contributed by atoms with Crippen LogP contribution in [0.2, 0.25) is 0 Å². The summed E-state index contributed by atoms with van der Waals surface area (Å²) in [6.07, 6.45) is 1.98. The van der Waals surface area contributed by atoms with Crippen molar-refractivity contribution in [3.63, 3.8) is 0 Å². The molecule has 2 nitrogen and oxygen atoms in total. The van der Waals surface area contributed by atoms with Crippen molar-refractivity contribution in [2.24, 2.45) is 5.73 Å². The smallest absolute Gasteiger partial charge is 0.176 e. The molecule has 0 aliphatic heterocycles. The number of hydrogen-bond acceptors (Lipinski definition) is 3. The summed E-state index contributed by atoms with van der Waals surface area (Å²) in [5.41, 5.74) is 5.94. The standard InChI is InChI=1S/C9H11NOS/c1-12-8-4-2-3-7(5-8)9(11)6-10/h2-5H,6,10H2,1H3. The van der Waals surface area contributed by atoms with E-state index in [0.29, 0.717) is 5.56 Å². The fraction of sp³-hybridized carbons (Fsp3) is 0.222. The molecule has 0 aliphatic carbocycles. The Morgan fingerprint density at radius 1 is 1.58 bits per heavy atom. The lowest BCUT2D eigenvalue weighted by molar-refractivity contribution is 0.100. The molecular weight excluding hydrogens is 170 g/mol. The van der Waals surface area contributed by atoms with E-state index in [0.717, 1.165) is 4.90 Å². The molecule has 3 heteroatoms. The molecule has 12 heavy (non-hydrogen) atoms. The second kappa shape index (κ2) is 4.28. The molecule has 2 N–H and O–H groups in total. The Hall–Kier alpha value is -0.800. The third-order valence-electron chi connectivity index (χ3n) is 1.58. The van der Waals surface area contributed by atoms with Crippen molar-refractivity contribution in [2.45, 2.75) is 4.90 Å². The number of thioether (sulfide) groups is 1. The zero-order chi connectivity index (χ0) is 8.97. The third-order valence-corrected chi connectivity index (χ3v) is 2.30. The molecule has 0 unspecified atom stereocenters. The second-order valence-electron chi connectivity index (χ2n) is 2.36. The number of carbonyl (C=O) groups excluding carboxylic acids is 1. The van der Waals surface area contributed by atoms with Gasteiger partial charge in [0, 0.05) is 10.5 Å². The first-order valence-corrected chi connectivity index (χ1v) is 4.87. The van der Waals surface area contributed by atoms with Crippen molar-refractivity contribution >= 4 is 17.5 Å². The van der Waals surface area contributed by atoms with Gasteiger partial charge in [-0.1, -0.05) is 12.1 Å². The lowest BCUT2D eigenvalue weighted by Crippen LogP contribution is -2.13. The zero-order valence-electron chi connectivity index (χ0n) is 6.91. The molecule has 0 amide bonds. The topological polar surface area (TPSA) is 43.1 Å². The zero-order valence-corrected chi connectivity index (χ0v) is 7.73. The highest BCUT2D eigenvalue weighted by molar-refractivity contribution is 7.98. The SMILES string of the molecule is CSc1cccc(C(=O)CN)c1. The summed E-state index contributed by atoms with van der Waals surface area (Å²) >= 11 is 1.62. The molecule has 64 valence electrons. The second-order valence-corrected chi connectivity index (χ2v) is 3.24. The molecule has 0 radical (unpaired) electrons. The van der Waals surface area contributed by atoms with Gasteiger partial charge in [0.25, 0.3) is 0 Å². The summed E-state index contributed by atoms with van der Waals surface area (Å²) in [4.78, 5) is 12.2. The van der Waals surface area contributed by atoms with Crippen LogP contribution in [0.3, 0.4) is 0 Å². The van der Waals surface area contributed by atoms with Gasteiger partial charge in [-0.3, -0.25) is 4.79 Å². The Kier molecular flexibility index (Phi) is 3.31. The summed E-state index contributed by atoms with van der Waals surface area (Å²) in [5.74, 6) is -0.00843. The summed E-state index contributed by atoms with van der Waals surface area (Å²) < 4.78 is 0. The van der Waals surface area contributed by atoms with Crippen LogP contribution >= 0.6 is 11.8 Å². The highest BCUT2D eigenvalue weighted by Crippen LogP contribution is 2.15. The first-order valence-electron chi connectivity index (χ1n) is 3.65. The maximum atomic E-state index is 11.1. The lowest BCUT2D eigenvalue weighted by atomic mass is 10.1. The van der Waals surface area contributed by atoms with Crippen LogP contribution in [0.1, 0.15) is 10.4 Å². The van der Waals surface area contributed by atoms with Gasteiger partial charge in [-0.05, 0) is 18.4 Å². The molecule has 0 fully saturated rings. The van der Waals surface area contributed by atoms with Crippen molar-refractivity contribution in [2.75, 3.05) is 12.8 Å². The summed E-state index contributed by atoms with van der Waals surface area (Å²) in [6.45, 7) is 0.0812. The van der Waals surface area contributed by atoms with Gasteiger partial charge in [0.1, 0.15) is 0 Å². The van der Waals surface area contributed by atoms with Crippen LogP contribution in [-0.2, 0) is 0 Å². The Morgan fingerprint density at radius 3 is 2.92 bits per heavy atom. The molecule has 1 aromatic carbocycles. The summed E-state index contributed by atoms with van der Waals surface area (Å²) in [5, 5.41) is 0. The van der Waals surface area contributed by atoms with Crippen LogP contribution < -0.4 is 5.73 Å². The molecule has 1 aromatic rings. The number of nitrogens with two attached hydrogens (primary N) is 1. The van der Waals surface area contributed by atoms with Gasteiger partial charge in [-0.25, -0.2) is 0 Å². The van der Waals surface area contributed by atoms with Crippen molar-refractivity contribution < 1.29 is 4.79 Å². The van der Waals surface area contributed by atoms with E-state index in [9.17, 15) is 4.79 Å². The minimum Gasteiger partial charge on any atom is -0.324 e. The van der Waals surface area contributed by atoms with Gasteiger partial charge in [-0.15, -0.1) is 11.8 Å². The van der Waals surface area contributed by atoms with E-state index >= 15 is 0 Å². The molecule has 0 saturated carbocycles. The monoisotopic (exact) mass is 181 g/mol. The van der Waals surface area contributed by atoms with Crippen LogP contribution in [0.15, 0.2) is 29.2 Å². The van der Waals surface area contributed by atoms with E-state index in [-0.39, 0.29) is 12.3 Å². The maximum absolute atomic E-state index is 11.1. The van der Waals surface area contributed by atoms with Crippen LogP contribution in [0.4, 0.5) is 0 Å². The van der Waals surface area contributed by atoms with E-state index in [1.54, 1.807) is 17.8 Å². The quantitative estimate of drug-likeness (QED) is 0.568. The average Bonchev–Trinajstić information content (AvgIpc) is 2.17. The Morgan fingerprint density at radius 2 is 2.33 bits per heavy atom. The number of benzene rings is 1. The predicted octanol–water partition coefficient (Wildman–Crippen LogP) is 1.55. The molecule has 0 aromatic heterocycles. The summed E-state index contributed by atoms with van der Waals surface area (Å²) in [7, 11) is 0. The molecular formula is C9H11NOS. The van der Waals surface area contributed by atoms with Gasteiger partial charge in [0.15, 0.2) is 5.78 Å². The number of rotatable bonds is 3. The number of carbonyl (C=O) groups is 1. The lowest BCUT2D eigenvalue weighted by Gasteiger charge is -1.99. The highest BCUT2D eigenvalue weighted by atomic mass is 32.2. The first-order chi connectivity index (χ1) is 5.77. The predicted molar refractivity (Wildman–Crippen MR) is 51.6 cm³/mol. The number of ketones is 1. The molecule has 0 bridgehead atoms. The van der Waals surface area contributed by atoms with Gasteiger partial charge in [0.2, 0.25) is 0 Å². The molecule has 1 rings (SSSR count). The van der Waals surface area contributed by atoms with E-state index in [1.165, 1.54) is 0 Å². The number of hydrogen-bond donors (Lipinski definition) is 1. The van der Waals surface area contributed by atoms with Crippen LogP contribution in [0.25, 0.3) is 0 Å². The van der Waals surface area contributed by atoms with Gasteiger partial charge in [0.05, 0.1) is 6.54 Å². The van der Waals surface area contributed by atoms with Crippen molar-refractivity contribution in [1.82, 2.24) is 0 Å². The third kappa shape index (κ3) is 2.09. The van der Waals surface area contributed by atoms with Crippen molar-refractivity contribution in [3.05, 3.63) is 29.8 Å². The van der Waals surface area contributed by atoms with Gasteiger partial charge in [-0.2, -0.15) is 0 Å². The normalized spacial score (nSPS) is 9.83. The number of Topliss-reactive ketones (excluding diaryl/α,β-unsaturated/α-hetero) is 1. The first kappa shape index (κ1) is 9.29. The van der Waals surface area contributed by atoms with E-state index in [4.69, 9.17) is 5.73 Å². The van der Waals surface area contributed by atoms with Crippen molar-refractivity contribution in [1.29, 1.82) is 0 Å². The molecule has 0 heterocycles. The van der Waals surface area contributed by atoms with Gasteiger partial charge >= 0.3 is 0 Å².